The zero-order chi connectivity index (χ0) is 16.4. The van der Waals surface area contributed by atoms with Crippen LogP contribution < -0.4 is 5.73 Å². The first kappa shape index (κ1) is 16.0. The Morgan fingerprint density at radius 2 is 1.74 bits per heavy atom. The number of nitrogens with zero attached hydrogens (tertiary/aromatic N) is 3. The molecule has 1 aliphatic rings. The van der Waals surface area contributed by atoms with Crippen LogP contribution in [0.4, 0.5) is 4.39 Å². The molecule has 0 amide bonds. The third-order valence-corrected chi connectivity index (χ3v) is 4.74. The molecule has 2 heterocycles. The van der Waals surface area contributed by atoms with Crippen molar-refractivity contribution in [3.8, 4) is 11.3 Å². The molecule has 0 aliphatic carbocycles. The highest BCUT2D eigenvalue weighted by atomic mass is 19.1. The first-order valence-corrected chi connectivity index (χ1v) is 8.11. The normalized spacial score (nSPS) is 16.7. The molecule has 0 radical (unpaired) electrons. The third kappa shape index (κ3) is 3.57. The summed E-state index contributed by atoms with van der Waals surface area (Å²) in [7, 11) is 0. The molecule has 1 aromatic carbocycles. The van der Waals surface area contributed by atoms with Gasteiger partial charge in [0.05, 0.1) is 11.4 Å². The van der Waals surface area contributed by atoms with Gasteiger partial charge in [-0.05, 0) is 62.1 Å². The molecular weight excluding hydrogens is 291 g/mol. The second-order valence-electron chi connectivity index (χ2n) is 6.37. The van der Waals surface area contributed by atoms with Gasteiger partial charge >= 0.3 is 0 Å². The summed E-state index contributed by atoms with van der Waals surface area (Å²) in [5.74, 6) is -0.240. The van der Waals surface area contributed by atoms with Gasteiger partial charge in [-0.15, -0.1) is 5.10 Å². The first-order chi connectivity index (χ1) is 11.0. The van der Waals surface area contributed by atoms with Gasteiger partial charge in [0.15, 0.2) is 0 Å². The Morgan fingerprint density at radius 3 is 2.39 bits per heavy atom. The van der Waals surface area contributed by atoms with Gasteiger partial charge in [0.2, 0.25) is 0 Å². The van der Waals surface area contributed by atoms with Crippen molar-refractivity contribution in [3.05, 3.63) is 46.9 Å². The predicted molar refractivity (Wildman–Crippen MR) is 89.4 cm³/mol. The summed E-state index contributed by atoms with van der Waals surface area (Å²) in [6, 6.07) is 6.74. The molecule has 122 valence electrons. The smallest absolute Gasteiger partial charge is 0.123 e. The van der Waals surface area contributed by atoms with Crippen molar-refractivity contribution in [2.45, 2.75) is 39.3 Å². The lowest BCUT2D eigenvalue weighted by molar-refractivity contribution is 0.202. The standard InChI is InChI=1S/C18H23FN4/c1-12-13(2)18(14-3-5-15(19)6-4-14)22-21-17(12)11-23-9-7-16(20)8-10-23/h3-6,16H,7-11,20H2,1-2H3. The molecule has 23 heavy (non-hydrogen) atoms. The van der Waals surface area contributed by atoms with Crippen molar-refractivity contribution in [3.63, 3.8) is 0 Å². The number of halogens is 1. The average molecular weight is 314 g/mol. The molecule has 1 fully saturated rings. The van der Waals surface area contributed by atoms with Crippen LogP contribution in [0.2, 0.25) is 0 Å². The number of aromatic nitrogens is 2. The quantitative estimate of drug-likeness (QED) is 0.946. The van der Waals surface area contributed by atoms with Crippen LogP contribution in [0.1, 0.15) is 29.7 Å². The van der Waals surface area contributed by atoms with E-state index < -0.39 is 0 Å². The highest BCUT2D eigenvalue weighted by Gasteiger charge is 2.19. The zero-order valence-electron chi connectivity index (χ0n) is 13.7. The molecule has 2 aromatic rings. The van der Waals surface area contributed by atoms with Crippen molar-refractivity contribution in [2.24, 2.45) is 5.73 Å². The highest BCUT2D eigenvalue weighted by molar-refractivity contribution is 5.63. The van der Waals surface area contributed by atoms with Crippen LogP contribution in [-0.4, -0.2) is 34.2 Å². The molecule has 1 aliphatic heterocycles. The number of benzene rings is 1. The zero-order valence-corrected chi connectivity index (χ0v) is 13.7. The largest absolute Gasteiger partial charge is 0.328 e. The van der Waals surface area contributed by atoms with E-state index in [0.29, 0.717) is 6.04 Å². The second-order valence-corrected chi connectivity index (χ2v) is 6.37. The van der Waals surface area contributed by atoms with Crippen molar-refractivity contribution in [1.82, 2.24) is 15.1 Å². The van der Waals surface area contributed by atoms with Crippen LogP contribution in [-0.2, 0) is 6.54 Å². The van der Waals surface area contributed by atoms with E-state index in [-0.39, 0.29) is 5.82 Å². The summed E-state index contributed by atoms with van der Waals surface area (Å²) in [6.07, 6.45) is 2.08. The third-order valence-electron chi connectivity index (χ3n) is 4.74. The van der Waals surface area contributed by atoms with Gasteiger partial charge in [0, 0.05) is 31.2 Å². The van der Waals surface area contributed by atoms with Gasteiger partial charge in [0.25, 0.3) is 0 Å². The number of rotatable bonds is 3. The van der Waals surface area contributed by atoms with E-state index in [2.05, 4.69) is 28.9 Å². The van der Waals surface area contributed by atoms with E-state index >= 15 is 0 Å². The number of likely N-dealkylation sites (tertiary alicyclic amines) is 1. The molecule has 5 heteroatoms. The minimum atomic E-state index is -0.240. The van der Waals surface area contributed by atoms with E-state index in [4.69, 9.17) is 5.73 Å². The topological polar surface area (TPSA) is 55.0 Å². The number of hydrogen-bond donors (Lipinski definition) is 1. The van der Waals surface area contributed by atoms with E-state index in [1.54, 1.807) is 12.1 Å². The molecule has 0 saturated carbocycles. The fraction of sp³-hybridized carbons (Fsp3) is 0.444. The molecular formula is C18H23FN4. The summed E-state index contributed by atoms with van der Waals surface area (Å²) in [5.41, 5.74) is 11.0. The van der Waals surface area contributed by atoms with Gasteiger partial charge in [-0.2, -0.15) is 5.10 Å². The van der Waals surface area contributed by atoms with E-state index in [9.17, 15) is 4.39 Å². The summed E-state index contributed by atoms with van der Waals surface area (Å²) in [5, 5.41) is 8.83. The van der Waals surface area contributed by atoms with Gasteiger partial charge in [-0.1, -0.05) is 0 Å². The van der Waals surface area contributed by atoms with Crippen LogP contribution in [0.15, 0.2) is 24.3 Å². The molecule has 0 spiro atoms. The maximum absolute atomic E-state index is 13.1. The summed E-state index contributed by atoms with van der Waals surface area (Å²) < 4.78 is 13.1. The van der Waals surface area contributed by atoms with Crippen molar-refractivity contribution in [1.29, 1.82) is 0 Å². The van der Waals surface area contributed by atoms with Crippen LogP contribution in [0.5, 0.6) is 0 Å². The SMILES string of the molecule is Cc1c(CN2CCC(N)CC2)nnc(-c2ccc(F)cc2)c1C. The Bertz CT molecular complexity index is 676. The molecule has 0 atom stereocenters. The monoisotopic (exact) mass is 314 g/mol. The molecule has 2 N–H and O–H groups in total. The lowest BCUT2D eigenvalue weighted by atomic mass is 10.0. The van der Waals surface area contributed by atoms with Crippen LogP contribution in [0, 0.1) is 19.7 Å². The average Bonchev–Trinajstić information content (AvgIpc) is 2.55. The number of hydrogen-bond acceptors (Lipinski definition) is 4. The molecule has 0 unspecified atom stereocenters. The molecule has 3 rings (SSSR count). The van der Waals surface area contributed by atoms with Gasteiger partial charge < -0.3 is 5.73 Å². The van der Waals surface area contributed by atoms with E-state index in [1.165, 1.54) is 12.1 Å². The Kier molecular flexibility index (Phi) is 4.68. The maximum atomic E-state index is 13.1. The summed E-state index contributed by atoms with van der Waals surface area (Å²) in [4.78, 5) is 2.39. The molecule has 0 bridgehead atoms. The maximum Gasteiger partial charge on any atom is 0.123 e. The Labute approximate surface area is 136 Å². The van der Waals surface area contributed by atoms with Crippen molar-refractivity contribution < 1.29 is 4.39 Å². The molecule has 1 aromatic heterocycles. The first-order valence-electron chi connectivity index (χ1n) is 8.11. The fourth-order valence-electron chi connectivity index (χ4n) is 3.01. The van der Waals surface area contributed by atoms with Gasteiger partial charge in [-0.25, -0.2) is 4.39 Å². The minimum absolute atomic E-state index is 0.240. The lowest BCUT2D eigenvalue weighted by Gasteiger charge is -2.30. The van der Waals surface area contributed by atoms with Crippen molar-refractivity contribution in [2.75, 3.05) is 13.1 Å². The summed E-state index contributed by atoms with van der Waals surface area (Å²) >= 11 is 0. The van der Waals surface area contributed by atoms with Crippen LogP contribution >= 0.6 is 0 Å². The highest BCUT2D eigenvalue weighted by Crippen LogP contribution is 2.25. The molecule has 4 nitrogen and oxygen atoms in total. The molecule has 1 saturated heterocycles. The van der Waals surface area contributed by atoms with Gasteiger partial charge in [0.1, 0.15) is 5.82 Å². The number of piperidine rings is 1. The number of nitrogens with two attached hydrogens (primary N) is 1. The fourth-order valence-corrected chi connectivity index (χ4v) is 3.01. The van der Waals surface area contributed by atoms with Crippen LogP contribution in [0.3, 0.4) is 0 Å². The summed E-state index contributed by atoms with van der Waals surface area (Å²) in [6.45, 7) is 6.98. The Balaban J connectivity index is 1.81. The van der Waals surface area contributed by atoms with E-state index in [0.717, 1.165) is 60.6 Å². The lowest BCUT2D eigenvalue weighted by Crippen LogP contribution is -2.39. The van der Waals surface area contributed by atoms with Gasteiger partial charge in [-0.3, -0.25) is 4.90 Å². The minimum Gasteiger partial charge on any atom is -0.328 e. The Morgan fingerprint density at radius 1 is 1.09 bits per heavy atom. The predicted octanol–water partition coefficient (Wildman–Crippen LogP) is 2.82. The van der Waals surface area contributed by atoms with E-state index in [1.807, 2.05) is 0 Å². The van der Waals surface area contributed by atoms with Crippen LogP contribution in [0.25, 0.3) is 11.3 Å². The second kappa shape index (κ2) is 6.72. The van der Waals surface area contributed by atoms with Crippen molar-refractivity contribution >= 4 is 0 Å². The Hall–Kier alpha value is -1.85.